The highest BCUT2D eigenvalue weighted by molar-refractivity contribution is 6.31. The molecule has 0 unspecified atom stereocenters. The second kappa shape index (κ2) is 7.98. The van der Waals surface area contributed by atoms with Crippen molar-refractivity contribution in [3.8, 4) is 0 Å². The fourth-order valence-electron chi connectivity index (χ4n) is 1.39. The average molecular weight is 246 g/mol. The summed E-state index contributed by atoms with van der Waals surface area (Å²) in [4.78, 5) is 0. The van der Waals surface area contributed by atoms with Gasteiger partial charge in [0.15, 0.2) is 0 Å². The summed E-state index contributed by atoms with van der Waals surface area (Å²) in [6.45, 7) is 1.88. The topological polar surface area (TPSA) is 12.0 Å². The molecule has 0 heterocycles. The van der Waals surface area contributed by atoms with Crippen LogP contribution in [0.1, 0.15) is 24.8 Å². The summed E-state index contributed by atoms with van der Waals surface area (Å²) >= 11 is 11.6. The van der Waals surface area contributed by atoms with E-state index in [2.05, 4.69) is 5.32 Å². The zero-order chi connectivity index (χ0) is 10.9. The van der Waals surface area contributed by atoms with E-state index in [9.17, 15) is 0 Å². The molecule has 1 nitrogen and oxygen atoms in total. The number of halogens is 2. The highest BCUT2D eigenvalue weighted by Crippen LogP contribution is 2.14. The third-order valence-electron chi connectivity index (χ3n) is 2.26. The number of benzene rings is 1. The number of nitrogens with one attached hydrogen (secondary N) is 1. The van der Waals surface area contributed by atoms with Crippen molar-refractivity contribution in [3.05, 3.63) is 34.9 Å². The molecule has 0 radical (unpaired) electrons. The Morgan fingerprint density at radius 1 is 1.07 bits per heavy atom. The Morgan fingerprint density at radius 3 is 2.60 bits per heavy atom. The second-order valence-electron chi connectivity index (χ2n) is 3.52. The monoisotopic (exact) mass is 245 g/mol. The molecule has 0 saturated heterocycles. The SMILES string of the molecule is ClCCCCCNCc1ccccc1Cl. The smallest absolute Gasteiger partial charge is 0.0450 e. The lowest BCUT2D eigenvalue weighted by Gasteiger charge is -2.05. The highest BCUT2D eigenvalue weighted by Gasteiger charge is 1.97. The molecule has 3 heteroatoms. The lowest BCUT2D eigenvalue weighted by atomic mass is 10.2. The van der Waals surface area contributed by atoms with E-state index in [1.807, 2.05) is 24.3 Å². The second-order valence-corrected chi connectivity index (χ2v) is 4.30. The maximum atomic E-state index is 6.03. The first-order valence-electron chi connectivity index (χ1n) is 5.34. The predicted molar refractivity (Wildman–Crippen MR) is 67.7 cm³/mol. The normalized spacial score (nSPS) is 10.5. The largest absolute Gasteiger partial charge is 0.313 e. The molecule has 1 aromatic carbocycles. The van der Waals surface area contributed by atoms with Gasteiger partial charge in [-0.15, -0.1) is 11.6 Å². The van der Waals surface area contributed by atoms with E-state index in [1.54, 1.807) is 0 Å². The molecular formula is C12H17Cl2N. The van der Waals surface area contributed by atoms with Crippen LogP contribution in [-0.4, -0.2) is 12.4 Å². The van der Waals surface area contributed by atoms with Crippen LogP contribution in [0.4, 0.5) is 0 Å². The van der Waals surface area contributed by atoms with Crippen molar-refractivity contribution >= 4 is 23.2 Å². The fraction of sp³-hybridized carbons (Fsp3) is 0.500. The maximum absolute atomic E-state index is 6.03. The number of hydrogen-bond acceptors (Lipinski definition) is 1. The minimum atomic E-state index is 0.768. The van der Waals surface area contributed by atoms with Crippen molar-refractivity contribution in [3.63, 3.8) is 0 Å². The van der Waals surface area contributed by atoms with Gasteiger partial charge in [-0.25, -0.2) is 0 Å². The zero-order valence-corrected chi connectivity index (χ0v) is 10.3. The van der Waals surface area contributed by atoms with Gasteiger partial charge in [0.05, 0.1) is 0 Å². The van der Waals surface area contributed by atoms with Crippen molar-refractivity contribution in [1.82, 2.24) is 5.32 Å². The summed E-state index contributed by atoms with van der Waals surface area (Å²) in [6.07, 6.45) is 3.48. The van der Waals surface area contributed by atoms with E-state index >= 15 is 0 Å². The van der Waals surface area contributed by atoms with Crippen LogP contribution in [0.3, 0.4) is 0 Å². The number of alkyl halides is 1. The molecule has 84 valence electrons. The van der Waals surface area contributed by atoms with Gasteiger partial charge in [-0.05, 0) is 31.0 Å². The molecule has 0 saturated carbocycles. The molecule has 15 heavy (non-hydrogen) atoms. The van der Waals surface area contributed by atoms with E-state index in [-0.39, 0.29) is 0 Å². The summed E-state index contributed by atoms with van der Waals surface area (Å²) in [5, 5.41) is 4.21. The van der Waals surface area contributed by atoms with Gasteiger partial charge in [-0.3, -0.25) is 0 Å². The van der Waals surface area contributed by atoms with Gasteiger partial charge in [0.2, 0.25) is 0 Å². The first kappa shape index (κ1) is 12.8. The molecule has 0 aliphatic rings. The summed E-state index contributed by atoms with van der Waals surface area (Å²) in [6, 6.07) is 7.93. The van der Waals surface area contributed by atoms with Gasteiger partial charge in [0.1, 0.15) is 0 Å². The van der Waals surface area contributed by atoms with Crippen LogP contribution >= 0.6 is 23.2 Å². The van der Waals surface area contributed by atoms with Gasteiger partial charge < -0.3 is 5.32 Å². The Balaban J connectivity index is 2.12. The lowest BCUT2D eigenvalue weighted by molar-refractivity contribution is 0.618. The molecule has 1 N–H and O–H groups in total. The van der Waals surface area contributed by atoms with Gasteiger partial charge in [0, 0.05) is 17.4 Å². The molecule has 0 amide bonds. The van der Waals surface area contributed by atoms with Crippen molar-refractivity contribution in [2.75, 3.05) is 12.4 Å². The maximum Gasteiger partial charge on any atom is 0.0450 e. The first-order valence-corrected chi connectivity index (χ1v) is 6.26. The van der Waals surface area contributed by atoms with Crippen LogP contribution in [0.15, 0.2) is 24.3 Å². The van der Waals surface area contributed by atoms with Gasteiger partial charge in [-0.1, -0.05) is 36.2 Å². The molecule has 1 rings (SSSR count). The molecule has 1 aromatic rings. The third-order valence-corrected chi connectivity index (χ3v) is 2.90. The van der Waals surface area contributed by atoms with Crippen LogP contribution in [0.5, 0.6) is 0 Å². The summed E-state index contributed by atoms with van der Waals surface area (Å²) < 4.78 is 0. The Labute approximate surface area is 102 Å². The number of hydrogen-bond donors (Lipinski definition) is 1. The Kier molecular flexibility index (Phi) is 6.82. The van der Waals surface area contributed by atoms with E-state index in [0.717, 1.165) is 36.0 Å². The van der Waals surface area contributed by atoms with Crippen LogP contribution in [0.25, 0.3) is 0 Å². The van der Waals surface area contributed by atoms with Gasteiger partial charge in [0.25, 0.3) is 0 Å². The zero-order valence-electron chi connectivity index (χ0n) is 8.81. The quantitative estimate of drug-likeness (QED) is 0.569. The minimum absolute atomic E-state index is 0.768. The van der Waals surface area contributed by atoms with Crippen molar-refractivity contribution < 1.29 is 0 Å². The Bertz CT molecular complexity index is 276. The van der Waals surface area contributed by atoms with Crippen molar-refractivity contribution in [2.24, 2.45) is 0 Å². The van der Waals surface area contributed by atoms with E-state index in [0.29, 0.717) is 0 Å². The molecule has 0 aromatic heterocycles. The highest BCUT2D eigenvalue weighted by atomic mass is 35.5. The van der Waals surface area contributed by atoms with Crippen LogP contribution in [0.2, 0.25) is 5.02 Å². The molecule has 0 spiro atoms. The Morgan fingerprint density at radius 2 is 1.87 bits per heavy atom. The average Bonchev–Trinajstić information content (AvgIpc) is 2.25. The molecule has 0 aliphatic carbocycles. The molecular weight excluding hydrogens is 229 g/mol. The van der Waals surface area contributed by atoms with Gasteiger partial charge >= 0.3 is 0 Å². The summed E-state index contributed by atoms with van der Waals surface area (Å²) in [5.74, 6) is 0.768. The van der Waals surface area contributed by atoms with Crippen LogP contribution in [0, 0.1) is 0 Å². The fourth-order valence-corrected chi connectivity index (χ4v) is 1.78. The number of rotatable bonds is 7. The van der Waals surface area contributed by atoms with E-state index < -0.39 is 0 Å². The molecule has 0 aliphatic heterocycles. The van der Waals surface area contributed by atoms with Gasteiger partial charge in [-0.2, -0.15) is 0 Å². The standard InChI is InChI=1S/C12H17Cl2N/c13-8-4-1-5-9-15-10-11-6-2-3-7-12(11)14/h2-3,6-7,15H,1,4-5,8-10H2. The van der Waals surface area contributed by atoms with E-state index in [4.69, 9.17) is 23.2 Å². The first-order chi connectivity index (χ1) is 7.34. The minimum Gasteiger partial charge on any atom is -0.313 e. The summed E-state index contributed by atoms with van der Waals surface area (Å²) in [5.41, 5.74) is 1.16. The summed E-state index contributed by atoms with van der Waals surface area (Å²) in [7, 11) is 0. The van der Waals surface area contributed by atoms with Crippen LogP contribution < -0.4 is 5.32 Å². The van der Waals surface area contributed by atoms with Crippen LogP contribution in [-0.2, 0) is 6.54 Å². The molecule has 0 atom stereocenters. The lowest BCUT2D eigenvalue weighted by Crippen LogP contribution is -2.14. The predicted octanol–water partition coefficient (Wildman–Crippen LogP) is 3.84. The molecule has 0 bridgehead atoms. The Hall–Kier alpha value is -0.240. The number of unbranched alkanes of at least 4 members (excludes halogenated alkanes) is 2. The van der Waals surface area contributed by atoms with Crippen molar-refractivity contribution in [2.45, 2.75) is 25.8 Å². The third kappa shape index (κ3) is 5.41. The molecule has 0 fully saturated rings. The van der Waals surface area contributed by atoms with E-state index in [1.165, 1.54) is 12.8 Å². The van der Waals surface area contributed by atoms with Crippen molar-refractivity contribution in [1.29, 1.82) is 0 Å².